The summed E-state index contributed by atoms with van der Waals surface area (Å²) in [6.45, 7) is 0. The van der Waals surface area contributed by atoms with Crippen molar-refractivity contribution in [3.05, 3.63) is 65.5 Å². The Balaban J connectivity index is 1.59. The Kier molecular flexibility index (Phi) is 5.43. The SMILES string of the molecule is O=C(Nc1ccc(C(=O)OC2CCCCC2)cc1)c1cccc(F)c1. The van der Waals surface area contributed by atoms with Crippen LogP contribution in [0.3, 0.4) is 0 Å². The molecule has 2 aromatic carbocycles. The number of carbonyl (C=O) groups is 2. The average Bonchev–Trinajstić information content (AvgIpc) is 2.63. The molecule has 0 atom stereocenters. The van der Waals surface area contributed by atoms with E-state index in [1.807, 2.05) is 0 Å². The van der Waals surface area contributed by atoms with E-state index in [2.05, 4.69) is 5.32 Å². The molecule has 0 saturated heterocycles. The summed E-state index contributed by atoms with van der Waals surface area (Å²) >= 11 is 0. The van der Waals surface area contributed by atoms with Gasteiger partial charge in [-0.3, -0.25) is 4.79 Å². The number of halogens is 1. The van der Waals surface area contributed by atoms with E-state index in [1.165, 1.54) is 30.7 Å². The van der Waals surface area contributed by atoms with E-state index in [9.17, 15) is 14.0 Å². The Labute approximate surface area is 146 Å². The van der Waals surface area contributed by atoms with Gasteiger partial charge in [-0.1, -0.05) is 12.5 Å². The van der Waals surface area contributed by atoms with Crippen LogP contribution in [0.15, 0.2) is 48.5 Å². The first-order valence-electron chi connectivity index (χ1n) is 8.50. The molecule has 0 radical (unpaired) electrons. The highest BCUT2D eigenvalue weighted by molar-refractivity contribution is 6.04. The van der Waals surface area contributed by atoms with Gasteiger partial charge in [-0.15, -0.1) is 0 Å². The van der Waals surface area contributed by atoms with Gasteiger partial charge in [0.15, 0.2) is 0 Å². The van der Waals surface area contributed by atoms with Crippen LogP contribution in [0.4, 0.5) is 10.1 Å². The van der Waals surface area contributed by atoms with Crippen molar-refractivity contribution in [1.29, 1.82) is 0 Å². The van der Waals surface area contributed by atoms with Gasteiger partial charge in [0.1, 0.15) is 11.9 Å². The van der Waals surface area contributed by atoms with Gasteiger partial charge in [0.2, 0.25) is 0 Å². The zero-order chi connectivity index (χ0) is 17.6. The Morgan fingerprint density at radius 1 is 0.960 bits per heavy atom. The zero-order valence-electron chi connectivity index (χ0n) is 13.8. The van der Waals surface area contributed by atoms with Gasteiger partial charge in [-0.05, 0) is 68.1 Å². The van der Waals surface area contributed by atoms with E-state index in [-0.39, 0.29) is 17.6 Å². The van der Waals surface area contributed by atoms with Crippen LogP contribution < -0.4 is 5.32 Å². The molecule has 0 spiro atoms. The molecule has 3 rings (SSSR count). The van der Waals surface area contributed by atoms with Crippen LogP contribution in [0.1, 0.15) is 52.8 Å². The minimum Gasteiger partial charge on any atom is -0.459 e. The fourth-order valence-electron chi connectivity index (χ4n) is 2.93. The zero-order valence-corrected chi connectivity index (χ0v) is 13.8. The fourth-order valence-corrected chi connectivity index (χ4v) is 2.93. The van der Waals surface area contributed by atoms with Crippen LogP contribution in [-0.4, -0.2) is 18.0 Å². The third-order valence-electron chi connectivity index (χ3n) is 4.29. The highest BCUT2D eigenvalue weighted by Gasteiger charge is 2.18. The molecule has 1 N–H and O–H groups in total. The number of benzene rings is 2. The number of rotatable bonds is 4. The number of nitrogens with one attached hydrogen (secondary N) is 1. The van der Waals surface area contributed by atoms with Crippen molar-refractivity contribution in [2.45, 2.75) is 38.2 Å². The van der Waals surface area contributed by atoms with Crippen LogP contribution in [0, 0.1) is 5.82 Å². The maximum absolute atomic E-state index is 13.2. The fraction of sp³-hybridized carbons (Fsp3) is 0.300. The van der Waals surface area contributed by atoms with Gasteiger partial charge < -0.3 is 10.1 Å². The number of hydrogen-bond donors (Lipinski definition) is 1. The molecule has 130 valence electrons. The van der Waals surface area contributed by atoms with Crippen LogP contribution in [0.2, 0.25) is 0 Å². The van der Waals surface area contributed by atoms with Gasteiger partial charge in [-0.25, -0.2) is 9.18 Å². The Hall–Kier alpha value is -2.69. The summed E-state index contributed by atoms with van der Waals surface area (Å²) in [7, 11) is 0. The van der Waals surface area contributed by atoms with E-state index in [1.54, 1.807) is 24.3 Å². The highest BCUT2D eigenvalue weighted by Crippen LogP contribution is 2.22. The van der Waals surface area contributed by atoms with Crippen molar-refractivity contribution >= 4 is 17.6 Å². The predicted molar refractivity (Wildman–Crippen MR) is 93.1 cm³/mol. The van der Waals surface area contributed by atoms with Crippen molar-refractivity contribution in [2.75, 3.05) is 5.32 Å². The number of anilines is 1. The molecule has 1 amide bonds. The van der Waals surface area contributed by atoms with E-state index < -0.39 is 11.7 Å². The standard InChI is InChI=1S/C20H20FNO3/c21-16-6-4-5-15(13-16)19(23)22-17-11-9-14(10-12-17)20(24)25-18-7-2-1-3-8-18/h4-6,9-13,18H,1-3,7-8H2,(H,22,23). The monoisotopic (exact) mass is 341 g/mol. The van der Waals surface area contributed by atoms with Gasteiger partial charge in [0, 0.05) is 11.3 Å². The second-order valence-electron chi connectivity index (χ2n) is 6.21. The maximum Gasteiger partial charge on any atom is 0.338 e. The normalized spacial score (nSPS) is 14.8. The first kappa shape index (κ1) is 17.1. The summed E-state index contributed by atoms with van der Waals surface area (Å²) in [4.78, 5) is 24.2. The highest BCUT2D eigenvalue weighted by atomic mass is 19.1. The summed E-state index contributed by atoms with van der Waals surface area (Å²) in [6, 6.07) is 12.0. The molecule has 0 heterocycles. The average molecular weight is 341 g/mol. The van der Waals surface area contributed by atoms with Gasteiger partial charge >= 0.3 is 5.97 Å². The van der Waals surface area contributed by atoms with Crippen molar-refractivity contribution in [2.24, 2.45) is 0 Å². The molecule has 1 aliphatic rings. The number of carbonyl (C=O) groups excluding carboxylic acids is 2. The number of ether oxygens (including phenoxy) is 1. The van der Waals surface area contributed by atoms with Crippen LogP contribution in [0.5, 0.6) is 0 Å². The van der Waals surface area contributed by atoms with E-state index in [0.717, 1.165) is 25.7 Å². The summed E-state index contributed by atoms with van der Waals surface area (Å²) in [5, 5.41) is 2.68. The second-order valence-corrected chi connectivity index (χ2v) is 6.21. The van der Waals surface area contributed by atoms with E-state index in [0.29, 0.717) is 11.3 Å². The molecule has 5 heteroatoms. The summed E-state index contributed by atoms with van der Waals surface area (Å²) in [5.41, 5.74) is 1.22. The van der Waals surface area contributed by atoms with E-state index >= 15 is 0 Å². The second kappa shape index (κ2) is 7.92. The number of hydrogen-bond acceptors (Lipinski definition) is 3. The Morgan fingerprint density at radius 2 is 1.68 bits per heavy atom. The largest absolute Gasteiger partial charge is 0.459 e. The molecule has 1 saturated carbocycles. The van der Waals surface area contributed by atoms with Crippen molar-refractivity contribution in [3.8, 4) is 0 Å². The molecule has 0 unspecified atom stereocenters. The third-order valence-corrected chi connectivity index (χ3v) is 4.29. The molecule has 4 nitrogen and oxygen atoms in total. The maximum atomic E-state index is 13.2. The summed E-state index contributed by atoms with van der Waals surface area (Å²) < 4.78 is 18.7. The topological polar surface area (TPSA) is 55.4 Å². The van der Waals surface area contributed by atoms with Crippen LogP contribution in [-0.2, 0) is 4.74 Å². The van der Waals surface area contributed by atoms with Gasteiger partial charge in [0.05, 0.1) is 5.56 Å². The quantitative estimate of drug-likeness (QED) is 0.829. The lowest BCUT2D eigenvalue weighted by atomic mass is 9.98. The molecular weight excluding hydrogens is 321 g/mol. The molecule has 2 aromatic rings. The van der Waals surface area contributed by atoms with E-state index in [4.69, 9.17) is 4.74 Å². The predicted octanol–water partition coefficient (Wildman–Crippen LogP) is 4.57. The Bertz CT molecular complexity index is 752. The van der Waals surface area contributed by atoms with Gasteiger partial charge in [0.25, 0.3) is 5.91 Å². The lowest BCUT2D eigenvalue weighted by Crippen LogP contribution is -2.21. The first-order chi connectivity index (χ1) is 12.1. The molecule has 1 fully saturated rings. The van der Waals surface area contributed by atoms with Crippen molar-refractivity contribution in [3.63, 3.8) is 0 Å². The van der Waals surface area contributed by atoms with Gasteiger partial charge in [-0.2, -0.15) is 0 Å². The van der Waals surface area contributed by atoms with Crippen LogP contribution >= 0.6 is 0 Å². The third kappa shape index (κ3) is 4.66. The molecule has 0 aliphatic heterocycles. The molecular formula is C20H20FNO3. The smallest absolute Gasteiger partial charge is 0.338 e. The van der Waals surface area contributed by atoms with Crippen molar-refractivity contribution < 1.29 is 18.7 Å². The minimum atomic E-state index is -0.464. The van der Waals surface area contributed by atoms with Crippen LogP contribution in [0.25, 0.3) is 0 Å². The number of amides is 1. The molecule has 25 heavy (non-hydrogen) atoms. The lowest BCUT2D eigenvalue weighted by Gasteiger charge is -2.21. The molecule has 0 bridgehead atoms. The Morgan fingerprint density at radius 3 is 2.36 bits per heavy atom. The lowest BCUT2D eigenvalue weighted by molar-refractivity contribution is 0.0211. The number of esters is 1. The minimum absolute atomic E-state index is 0.00797. The molecule has 1 aliphatic carbocycles. The summed E-state index contributed by atoms with van der Waals surface area (Å²) in [5.74, 6) is -1.21. The molecule has 0 aromatic heterocycles. The first-order valence-corrected chi connectivity index (χ1v) is 8.50. The van der Waals surface area contributed by atoms with Crippen molar-refractivity contribution in [1.82, 2.24) is 0 Å². The summed E-state index contributed by atoms with van der Waals surface area (Å²) in [6.07, 6.45) is 5.26.